The van der Waals surface area contributed by atoms with E-state index in [4.69, 9.17) is 9.16 Å². The van der Waals surface area contributed by atoms with Crippen molar-refractivity contribution in [3.8, 4) is 0 Å². The summed E-state index contributed by atoms with van der Waals surface area (Å²) >= 11 is 0. The molecule has 0 saturated carbocycles. The standard InChI is InChI=1S/C8H20O2Si/c1-3-8-11-10-7-5-6-9-4-2/h3-8,11H2,1-2H3. The highest BCUT2D eigenvalue weighted by Gasteiger charge is 1.88. The Balaban J connectivity index is 2.69. The highest BCUT2D eigenvalue weighted by molar-refractivity contribution is 6.26. The summed E-state index contributed by atoms with van der Waals surface area (Å²) in [5.74, 6) is 0. The Kier molecular flexibility index (Phi) is 10.3. The summed E-state index contributed by atoms with van der Waals surface area (Å²) in [6, 6.07) is 1.31. The molecule has 0 aliphatic rings. The Morgan fingerprint density at radius 3 is 2.64 bits per heavy atom. The van der Waals surface area contributed by atoms with Gasteiger partial charge in [-0.05, 0) is 19.4 Å². The van der Waals surface area contributed by atoms with Crippen molar-refractivity contribution >= 4 is 9.76 Å². The number of ether oxygens (including phenoxy) is 1. The van der Waals surface area contributed by atoms with Gasteiger partial charge < -0.3 is 9.16 Å². The van der Waals surface area contributed by atoms with E-state index in [0.717, 1.165) is 26.2 Å². The van der Waals surface area contributed by atoms with Crippen LogP contribution in [0.4, 0.5) is 0 Å². The molecule has 0 amide bonds. The second-order valence-corrected chi connectivity index (χ2v) is 4.04. The fraction of sp³-hybridized carbons (Fsp3) is 1.00. The van der Waals surface area contributed by atoms with Crippen molar-refractivity contribution in [1.29, 1.82) is 0 Å². The lowest BCUT2D eigenvalue weighted by Gasteiger charge is -2.02. The molecule has 0 radical (unpaired) electrons. The van der Waals surface area contributed by atoms with E-state index in [1.54, 1.807) is 0 Å². The molecule has 68 valence electrons. The molecule has 0 atom stereocenters. The van der Waals surface area contributed by atoms with Gasteiger partial charge in [0.15, 0.2) is 9.76 Å². The molecule has 0 aromatic heterocycles. The van der Waals surface area contributed by atoms with Crippen LogP contribution < -0.4 is 0 Å². The third-order valence-corrected chi connectivity index (χ3v) is 3.00. The van der Waals surface area contributed by atoms with Gasteiger partial charge in [0.25, 0.3) is 0 Å². The minimum Gasteiger partial charge on any atom is -0.424 e. The topological polar surface area (TPSA) is 18.5 Å². The Morgan fingerprint density at radius 1 is 1.18 bits per heavy atom. The minimum atomic E-state index is -0.179. The van der Waals surface area contributed by atoms with E-state index >= 15 is 0 Å². The van der Waals surface area contributed by atoms with Crippen LogP contribution >= 0.6 is 0 Å². The molecule has 0 rings (SSSR count). The summed E-state index contributed by atoms with van der Waals surface area (Å²) in [6.45, 7) is 6.82. The highest BCUT2D eigenvalue weighted by Crippen LogP contribution is 1.89. The molecule has 0 spiro atoms. The predicted molar refractivity (Wildman–Crippen MR) is 50.7 cm³/mol. The lowest BCUT2D eigenvalue weighted by atomic mass is 10.5. The van der Waals surface area contributed by atoms with Gasteiger partial charge in [0, 0.05) is 19.8 Å². The molecule has 11 heavy (non-hydrogen) atoms. The smallest absolute Gasteiger partial charge is 0.161 e. The second-order valence-electron chi connectivity index (χ2n) is 2.52. The van der Waals surface area contributed by atoms with Crippen molar-refractivity contribution in [3.63, 3.8) is 0 Å². The lowest BCUT2D eigenvalue weighted by Crippen LogP contribution is -2.03. The fourth-order valence-electron chi connectivity index (χ4n) is 0.756. The molecule has 3 heteroatoms. The van der Waals surface area contributed by atoms with E-state index in [-0.39, 0.29) is 9.76 Å². The van der Waals surface area contributed by atoms with Crippen molar-refractivity contribution in [1.82, 2.24) is 0 Å². The average molecular weight is 176 g/mol. The first-order valence-electron chi connectivity index (χ1n) is 4.57. The van der Waals surface area contributed by atoms with Crippen LogP contribution in [-0.2, 0) is 9.16 Å². The van der Waals surface area contributed by atoms with Crippen LogP contribution in [0.25, 0.3) is 0 Å². The fourth-order valence-corrected chi connectivity index (χ4v) is 1.66. The SMILES string of the molecule is CCC[SiH2]OCCCOCC. The third-order valence-electron chi connectivity index (χ3n) is 1.42. The highest BCUT2D eigenvalue weighted by atomic mass is 28.2. The lowest BCUT2D eigenvalue weighted by molar-refractivity contribution is 0.131. The number of hydrogen-bond donors (Lipinski definition) is 0. The summed E-state index contributed by atoms with van der Waals surface area (Å²) < 4.78 is 10.7. The normalized spacial score (nSPS) is 11.5. The molecule has 0 heterocycles. The molecule has 0 aromatic rings. The molecule has 2 nitrogen and oxygen atoms in total. The van der Waals surface area contributed by atoms with Gasteiger partial charge in [-0.2, -0.15) is 0 Å². The third kappa shape index (κ3) is 10.1. The maximum absolute atomic E-state index is 5.48. The Morgan fingerprint density at radius 2 is 2.00 bits per heavy atom. The molecule has 0 unspecified atom stereocenters. The summed E-state index contributed by atoms with van der Waals surface area (Å²) in [7, 11) is -0.179. The summed E-state index contributed by atoms with van der Waals surface area (Å²) in [6.07, 6.45) is 2.34. The molecule has 0 aliphatic heterocycles. The first-order chi connectivity index (χ1) is 5.41. The zero-order chi connectivity index (χ0) is 8.36. The van der Waals surface area contributed by atoms with Gasteiger partial charge in [0.05, 0.1) is 0 Å². The van der Waals surface area contributed by atoms with E-state index in [2.05, 4.69) is 6.92 Å². The molecule has 0 bridgehead atoms. The van der Waals surface area contributed by atoms with Crippen LogP contribution in [0.2, 0.25) is 6.04 Å². The van der Waals surface area contributed by atoms with Gasteiger partial charge in [-0.3, -0.25) is 0 Å². The molecule has 0 aromatic carbocycles. The van der Waals surface area contributed by atoms with Gasteiger partial charge in [-0.1, -0.05) is 13.3 Å². The molecule has 0 aliphatic carbocycles. The Hall–Kier alpha value is 0.137. The van der Waals surface area contributed by atoms with Crippen LogP contribution in [0.15, 0.2) is 0 Å². The molecule has 0 saturated heterocycles. The van der Waals surface area contributed by atoms with Crippen LogP contribution in [0.1, 0.15) is 26.7 Å². The van der Waals surface area contributed by atoms with Gasteiger partial charge in [-0.25, -0.2) is 0 Å². The van der Waals surface area contributed by atoms with E-state index in [0.29, 0.717) is 0 Å². The van der Waals surface area contributed by atoms with Crippen molar-refractivity contribution in [2.75, 3.05) is 19.8 Å². The number of hydrogen-bond acceptors (Lipinski definition) is 2. The van der Waals surface area contributed by atoms with Crippen LogP contribution in [0.3, 0.4) is 0 Å². The minimum absolute atomic E-state index is 0.179. The summed E-state index contributed by atoms with van der Waals surface area (Å²) in [5.41, 5.74) is 0. The van der Waals surface area contributed by atoms with Crippen LogP contribution in [-0.4, -0.2) is 29.6 Å². The largest absolute Gasteiger partial charge is 0.424 e. The van der Waals surface area contributed by atoms with E-state index in [1.165, 1.54) is 12.5 Å². The molecular formula is C8H20O2Si. The monoisotopic (exact) mass is 176 g/mol. The zero-order valence-corrected chi connectivity index (χ0v) is 9.18. The maximum Gasteiger partial charge on any atom is 0.161 e. The van der Waals surface area contributed by atoms with Crippen LogP contribution in [0.5, 0.6) is 0 Å². The van der Waals surface area contributed by atoms with E-state index < -0.39 is 0 Å². The number of rotatable bonds is 8. The zero-order valence-electron chi connectivity index (χ0n) is 7.77. The van der Waals surface area contributed by atoms with Crippen molar-refractivity contribution in [2.45, 2.75) is 32.7 Å². The molecular weight excluding hydrogens is 156 g/mol. The van der Waals surface area contributed by atoms with Crippen molar-refractivity contribution in [2.24, 2.45) is 0 Å². The first-order valence-corrected chi connectivity index (χ1v) is 6.15. The molecule has 0 fully saturated rings. The van der Waals surface area contributed by atoms with Crippen molar-refractivity contribution in [3.05, 3.63) is 0 Å². The second kappa shape index (κ2) is 10.1. The van der Waals surface area contributed by atoms with E-state index in [1.807, 2.05) is 6.92 Å². The average Bonchev–Trinajstić information content (AvgIpc) is 2.03. The predicted octanol–water partition coefficient (Wildman–Crippen LogP) is 1.34. The van der Waals surface area contributed by atoms with Crippen LogP contribution in [0, 0.1) is 0 Å². The van der Waals surface area contributed by atoms with Gasteiger partial charge in [-0.15, -0.1) is 0 Å². The molecule has 0 N–H and O–H groups in total. The quantitative estimate of drug-likeness (QED) is 0.410. The Labute approximate surface area is 72.2 Å². The van der Waals surface area contributed by atoms with Gasteiger partial charge in [0.1, 0.15) is 0 Å². The van der Waals surface area contributed by atoms with Crippen molar-refractivity contribution < 1.29 is 9.16 Å². The first kappa shape index (κ1) is 11.1. The van der Waals surface area contributed by atoms with E-state index in [9.17, 15) is 0 Å². The summed E-state index contributed by atoms with van der Waals surface area (Å²) in [5, 5.41) is 0. The summed E-state index contributed by atoms with van der Waals surface area (Å²) in [4.78, 5) is 0. The van der Waals surface area contributed by atoms with Gasteiger partial charge >= 0.3 is 0 Å². The van der Waals surface area contributed by atoms with Gasteiger partial charge in [0.2, 0.25) is 0 Å². The Bertz CT molecular complexity index is 61.1. The maximum atomic E-state index is 5.48.